The van der Waals surface area contributed by atoms with Gasteiger partial charge in [-0.1, -0.05) is 32.9 Å². The predicted molar refractivity (Wildman–Crippen MR) is 65.5 cm³/mol. The van der Waals surface area contributed by atoms with E-state index >= 15 is 0 Å². The Balaban J connectivity index is 4.66. The summed E-state index contributed by atoms with van der Waals surface area (Å²) < 4.78 is 5.65. The molecule has 0 saturated heterocycles. The van der Waals surface area contributed by atoms with E-state index in [1.54, 1.807) is 7.11 Å². The van der Waals surface area contributed by atoms with E-state index < -0.39 is 0 Å². The van der Waals surface area contributed by atoms with E-state index in [2.05, 4.69) is 32.8 Å². The molecule has 0 radical (unpaired) electrons. The maximum Gasteiger partial charge on any atom is 0.0842 e. The summed E-state index contributed by atoms with van der Waals surface area (Å²) in [6.45, 7) is 10.4. The highest BCUT2D eigenvalue weighted by atomic mass is 16.5. The molecule has 0 aromatic rings. The zero-order valence-electron chi connectivity index (χ0n) is 10.6. The number of nitrogens with two attached hydrogens (primary N) is 1. The van der Waals surface area contributed by atoms with E-state index in [1.165, 1.54) is 5.57 Å². The number of rotatable bonds is 8. The van der Waals surface area contributed by atoms with Gasteiger partial charge in [0.25, 0.3) is 0 Å². The van der Waals surface area contributed by atoms with Crippen molar-refractivity contribution in [1.82, 2.24) is 5.43 Å². The summed E-state index contributed by atoms with van der Waals surface area (Å²) in [4.78, 5) is 0. The van der Waals surface area contributed by atoms with Crippen LogP contribution in [-0.4, -0.2) is 18.8 Å². The standard InChI is InChI=1S/C12H26N2O/c1-6-10(4)9-11(14-13)12(7-2,8-3)15-5/h11,14H,4,6-9,13H2,1-3,5H3. The van der Waals surface area contributed by atoms with Crippen molar-refractivity contribution in [2.75, 3.05) is 7.11 Å². The molecule has 0 aromatic heterocycles. The summed E-state index contributed by atoms with van der Waals surface area (Å²) in [7, 11) is 1.76. The molecule has 3 heteroatoms. The van der Waals surface area contributed by atoms with Gasteiger partial charge in [-0.3, -0.25) is 11.3 Å². The van der Waals surface area contributed by atoms with Crippen LogP contribution >= 0.6 is 0 Å². The van der Waals surface area contributed by atoms with Crippen LogP contribution in [0.5, 0.6) is 0 Å². The van der Waals surface area contributed by atoms with Crippen LogP contribution in [0.15, 0.2) is 12.2 Å². The van der Waals surface area contributed by atoms with Gasteiger partial charge in [-0.15, -0.1) is 0 Å². The fourth-order valence-electron chi connectivity index (χ4n) is 2.00. The van der Waals surface area contributed by atoms with Crippen molar-refractivity contribution in [3.8, 4) is 0 Å². The third-order valence-electron chi connectivity index (χ3n) is 3.43. The molecule has 0 rings (SSSR count). The monoisotopic (exact) mass is 214 g/mol. The Hall–Kier alpha value is -0.380. The summed E-state index contributed by atoms with van der Waals surface area (Å²) in [5.41, 5.74) is 3.91. The highest BCUT2D eigenvalue weighted by Crippen LogP contribution is 2.27. The Kier molecular flexibility index (Phi) is 6.81. The molecule has 0 amide bonds. The van der Waals surface area contributed by atoms with E-state index in [1.807, 2.05) is 0 Å². The quantitative estimate of drug-likeness (QED) is 0.370. The van der Waals surface area contributed by atoms with Gasteiger partial charge in [-0.25, -0.2) is 0 Å². The molecule has 15 heavy (non-hydrogen) atoms. The van der Waals surface area contributed by atoms with Gasteiger partial charge in [0.1, 0.15) is 0 Å². The van der Waals surface area contributed by atoms with Gasteiger partial charge in [0, 0.05) is 7.11 Å². The highest BCUT2D eigenvalue weighted by Gasteiger charge is 2.35. The molecule has 3 N–H and O–H groups in total. The molecular weight excluding hydrogens is 188 g/mol. The van der Waals surface area contributed by atoms with Gasteiger partial charge in [-0.05, 0) is 25.7 Å². The molecule has 0 saturated carbocycles. The second-order valence-electron chi connectivity index (χ2n) is 4.00. The topological polar surface area (TPSA) is 47.3 Å². The first-order valence-corrected chi connectivity index (χ1v) is 5.78. The predicted octanol–water partition coefficient (Wildman–Crippen LogP) is 2.38. The van der Waals surface area contributed by atoms with Crippen LogP contribution in [0.4, 0.5) is 0 Å². The molecule has 1 atom stereocenters. The summed E-state index contributed by atoms with van der Waals surface area (Å²) >= 11 is 0. The molecular formula is C12H26N2O. The van der Waals surface area contributed by atoms with E-state index in [0.717, 1.165) is 25.7 Å². The first-order chi connectivity index (χ1) is 7.10. The van der Waals surface area contributed by atoms with E-state index in [9.17, 15) is 0 Å². The fourth-order valence-corrected chi connectivity index (χ4v) is 2.00. The van der Waals surface area contributed by atoms with Crippen LogP contribution < -0.4 is 11.3 Å². The number of nitrogens with one attached hydrogen (secondary N) is 1. The Morgan fingerprint density at radius 2 is 1.93 bits per heavy atom. The maximum atomic E-state index is 5.65. The van der Waals surface area contributed by atoms with Crippen LogP contribution in [0.3, 0.4) is 0 Å². The molecule has 3 nitrogen and oxygen atoms in total. The van der Waals surface area contributed by atoms with Crippen LogP contribution in [0.25, 0.3) is 0 Å². The van der Waals surface area contributed by atoms with Gasteiger partial charge < -0.3 is 4.74 Å². The molecule has 0 aliphatic carbocycles. The van der Waals surface area contributed by atoms with E-state index in [-0.39, 0.29) is 11.6 Å². The minimum Gasteiger partial charge on any atom is -0.377 e. The highest BCUT2D eigenvalue weighted by molar-refractivity contribution is 5.02. The van der Waals surface area contributed by atoms with Crippen molar-refractivity contribution in [1.29, 1.82) is 0 Å². The molecule has 90 valence electrons. The SMILES string of the molecule is C=C(CC)CC(NN)C(CC)(CC)OC. The Bertz CT molecular complexity index is 180. The van der Waals surface area contributed by atoms with E-state index in [0.29, 0.717) is 0 Å². The first kappa shape index (κ1) is 14.6. The molecule has 1 unspecified atom stereocenters. The second-order valence-corrected chi connectivity index (χ2v) is 4.00. The van der Waals surface area contributed by atoms with Gasteiger partial charge >= 0.3 is 0 Å². The van der Waals surface area contributed by atoms with Gasteiger partial charge in [0.05, 0.1) is 11.6 Å². The van der Waals surface area contributed by atoms with Crippen molar-refractivity contribution in [2.45, 2.75) is 58.1 Å². The molecule has 0 aliphatic heterocycles. The Morgan fingerprint density at radius 3 is 2.20 bits per heavy atom. The zero-order chi connectivity index (χ0) is 11.9. The lowest BCUT2D eigenvalue weighted by Gasteiger charge is -2.38. The minimum absolute atomic E-state index is 0.143. The Morgan fingerprint density at radius 1 is 1.40 bits per heavy atom. The lowest BCUT2D eigenvalue weighted by Crippen LogP contribution is -2.54. The van der Waals surface area contributed by atoms with Crippen molar-refractivity contribution < 1.29 is 4.74 Å². The number of hydrazine groups is 1. The lowest BCUT2D eigenvalue weighted by atomic mass is 9.84. The second kappa shape index (κ2) is 6.99. The first-order valence-electron chi connectivity index (χ1n) is 5.78. The van der Waals surface area contributed by atoms with Gasteiger partial charge in [-0.2, -0.15) is 0 Å². The fraction of sp³-hybridized carbons (Fsp3) is 0.833. The van der Waals surface area contributed by atoms with Crippen molar-refractivity contribution >= 4 is 0 Å². The average molecular weight is 214 g/mol. The lowest BCUT2D eigenvalue weighted by molar-refractivity contribution is -0.0473. The third kappa shape index (κ3) is 3.59. The molecule has 0 aromatic carbocycles. The summed E-state index contributed by atoms with van der Waals surface area (Å²) in [5.74, 6) is 5.62. The van der Waals surface area contributed by atoms with Crippen molar-refractivity contribution in [3.05, 3.63) is 12.2 Å². The zero-order valence-corrected chi connectivity index (χ0v) is 10.6. The van der Waals surface area contributed by atoms with Crippen LogP contribution in [0.2, 0.25) is 0 Å². The number of ether oxygens (including phenoxy) is 1. The molecule has 0 spiro atoms. The van der Waals surface area contributed by atoms with Gasteiger partial charge in [0.15, 0.2) is 0 Å². The summed E-state index contributed by atoms with van der Waals surface area (Å²) in [6, 6.07) is 0.143. The number of hydrogen-bond acceptors (Lipinski definition) is 3. The summed E-state index contributed by atoms with van der Waals surface area (Å²) in [6.07, 6.45) is 3.77. The van der Waals surface area contributed by atoms with Crippen LogP contribution in [0.1, 0.15) is 46.5 Å². The minimum atomic E-state index is -0.174. The molecule has 0 fully saturated rings. The molecule has 0 aliphatic rings. The third-order valence-corrected chi connectivity index (χ3v) is 3.43. The Labute approximate surface area is 94.0 Å². The smallest absolute Gasteiger partial charge is 0.0842 e. The number of methoxy groups -OCH3 is 1. The van der Waals surface area contributed by atoms with Crippen molar-refractivity contribution in [3.63, 3.8) is 0 Å². The van der Waals surface area contributed by atoms with Crippen LogP contribution in [0, 0.1) is 0 Å². The maximum absolute atomic E-state index is 5.65. The average Bonchev–Trinajstić information content (AvgIpc) is 2.29. The van der Waals surface area contributed by atoms with Crippen molar-refractivity contribution in [2.24, 2.45) is 5.84 Å². The van der Waals surface area contributed by atoms with E-state index in [4.69, 9.17) is 10.6 Å². The molecule has 0 heterocycles. The number of hydrogen-bond donors (Lipinski definition) is 2. The van der Waals surface area contributed by atoms with Gasteiger partial charge in [0.2, 0.25) is 0 Å². The molecule has 0 bridgehead atoms. The van der Waals surface area contributed by atoms with Crippen LogP contribution in [-0.2, 0) is 4.74 Å². The largest absolute Gasteiger partial charge is 0.377 e. The normalized spacial score (nSPS) is 13.9. The summed E-state index contributed by atoms with van der Waals surface area (Å²) in [5, 5.41) is 0.